The number of hydrogen-bond acceptors (Lipinski definition) is 5. The van der Waals surface area contributed by atoms with Crippen molar-refractivity contribution in [3.05, 3.63) is 41.4 Å². The van der Waals surface area contributed by atoms with Crippen molar-refractivity contribution in [2.75, 3.05) is 29.9 Å². The highest BCUT2D eigenvalue weighted by molar-refractivity contribution is 6.28. The molecule has 1 N–H and O–H groups in total. The van der Waals surface area contributed by atoms with Gasteiger partial charge in [0.2, 0.25) is 5.28 Å². The van der Waals surface area contributed by atoms with Crippen LogP contribution in [0.2, 0.25) is 5.28 Å². The predicted octanol–water partition coefficient (Wildman–Crippen LogP) is 3.87. The van der Waals surface area contributed by atoms with Gasteiger partial charge in [0.05, 0.1) is 0 Å². The van der Waals surface area contributed by atoms with Crippen molar-refractivity contribution in [2.24, 2.45) is 5.92 Å². The second kappa shape index (κ2) is 7.43. The Hall–Kier alpha value is -2.09. The van der Waals surface area contributed by atoms with E-state index in [1.807, 2.05) is 18.2 Å². The van der Waals surface area contributed by atoms with Crippen molar-refractivity contribution in [3.8, 4) is 0 Å². The largest absolute Gasteiger partial charge is 0.421 e. The molecular formula is C16H17ClF3N5. The molecule has 0 aromatic carbocycles. The standard InChI is InChI=1S/C16H17ClF3N5/c17-15-23-10-12(16(18,19)20)14(24-15)22-9-11-4-7-25(8-5-11)13-3-1-2-6-21-13/h1-3,6,10-11H,4-5,7-9H2,(H,22,23,24). The van der Waals surface area contributed by atoms with Gasteiger partial charge in [-0.25, -0.2) is 15.0 Å². The zero-order chi connectivity index (χ0) is 17.9. The molecule has 5 nitrogen and oxygen atoms in total. The number of nitrogens with one attached hydrogen (secondary N) is 1. The maximum Gasteiger partial charge on any atom is 0.421 e. The molecule has 1 saturated heterocycles. The quantitative estimate of drug-likeness (QED) is 0.827. The average molecular weight is 372 g/mol. The lowest BCUT2D eigenvalue weighted by atomic mass is 9.96. The Balaban J connectivity index is 1.58. The summed E-state index contributed by atoms with van der Waals surface area (Å²) in [5, 5.41) is 2.59. The molecule has 0 radical (unpaired) electrons. The van der Waals surface area contributed by atoms with Gasteiger partial charge in [-0.15, -0.1) is 0 Å². The van der Waals surface area contributed by atoms with Crippen LogP contribution in [0.25, 0.3) is 0 Å². The minimum Gasteiger partial charge on any atom is -0.369 e. The summed E-state index contributed by atoms with van der Waals surface area (Å²) in [6.45, 7) is 2.05. The lowest BCUT2D eigenvalue weighted by Gasteiger charge is -2.33. The van der Waals surface area contributed by atoms with E-state index in [9.17, 15) is 13.2 Å². The van der Waals surface area contributed by atoms with E-state index >= 15 is 0 Å². The van der Waals surface area contributed by atoms with Crippen molar-refractivity contribution < 1.29 is 13.2 Å². The van der Waals surface area contributed by atoms with Gasteiger partial charge in [-0.2, -0.15) is 13.2 Å². The lowest BCUT2D eigenvalue weighted by Crippen LogP contribution is -2.36. The summed E-state index contributed by atoms with van der Waals surface area (Å²) in [6, 6.07) is 5.76. The number of alkyl halides is 3. The molecule has 3 rings (SSSR count). The van der Waals surface area contributed by atoms with Crippen LogP contribution in [0, 0.1) is 5.92 Å². The molecule has 2 aromatic heterocycles. The molecule has 0 amide bonds. The van der Waals surface area contributed by atoms with Gasteiger partial charge in [0.15, 0.2) is 0 Å². The number of anilines is 2. The van der Waals surface area contributed by atoms with E-state index in [1.54, 1.807) is 6.20 Å². The number of halogens is 4. The zero-order valence-electron chi connectivity index (χ0n) is 13.3. The molecule has 0 saturated carbocycles. The van der Waals surface area contributed by atoms with E-state index in [-0.39, 0.29) is 17.0 Å². The number of piperidine rings is 1. The SMILES string of the molecule is FC(F)(F)c1cnc(Cl)nc1NCC1CCN(c2ccccn2)CC1. The monoisotopic (exact) mass is 371 g/mol. The fraction of sp³-hybridized carbons (Fsp3) is 0.438. The third kappa shape index (κ3) is 4.50. The van der Waals surface area contributed by atoms with Crippen LogP contribution in [0.4, 0.5) is 24.8 Å². The van der Waals surface area contributed by atoms with Gasteiger partial charge >= 0.3 is 6.18 Å². The summed E-state index contributed by atoms with van der Waals surface area (Å²) in [7, 11) is 0. The Labute approximate surface area is 148 Å². The van der Waals surface area contributed by atoms with Gasteiger partial charge in [-0.3, -0.25) is 0 Å². The first-order chi connectivity index (χ1) is 11.9. The summed E-state index contributed by atoms with van der Waals surface area (Å²) in [6.07, 6.45) is -0.329. The highest BCUT2D eigenvalue weighted by Crippen LogP contribution is 2.34. The fourth-order valence-corrected chi connectivity index (χ4v) is 2.98. The molecule has 0 bridgehead atoms. The predicted molar refractivity (Wildman–Crippen MR) is 89.7 cm³/mol. The zero-order valence-corrected chi connectivity index (χ0v) is 14.1. The van der Waals surface area contributed by atoms with Crippen molar-refractivity contribution >= 4 is 23.2 Å². The normalized spacial score (nSPS) is 16.1. The molecule has 1 aliphatic rings. The van der Waals surface area contributed by atoms with Gasteiger partial charge in [-0.1, -0.05) is 6.07 Å². The molecule has 9 heteroatoms. The van der Waals surface area contributed by atoms with Crippen molar-refractivity contribution in [3.63, 3.8) is 0 Å². The summed E-state index contributed by atoms with van der Waals surface area (Å²) >= 11 is 5.63. The molecule has 0 spiro atoms. The van der Waals surface area contributed by atoms with Crippen molar-refractivity contribution in [1.82, 2.24) is 15.0 Å². The van der Waals surface area contributed by atoms with E-state index in [4.69, 9.17) is 11.6 Å². The Morgan fingerprint density at radius 3 is 2.60 bits per heavy atom. The molecule has 3 heterocycles. The van der Waals surface area contributed by atoms with Crippen LogP contribution >= 0.6 is 11.6 Å². The topological polar surface area (TPSA) is 53.9 Å². The average Bonchev–Trinajstić information content (AvgIpc) is 2.60. The number of hydrogen-bond donors (Lipinski definition) is 1. The van der Waals surface area contributed by atoms with Crippen LogP contribution in [0.5, 0.6) is 0 Å². The molecule has 1 fully saturated rings. The molecule has 2 aromatic rings. The minimum atomic E-state index is -4.52. The van der Waals surface area contributed by atoms with E-state index in [2.05, 4.69) is 25.2 Å². The minimum absolute atomic E-state index is 0.208. The van der Waals surface area contributed by atoms with Crippen LogP contribution < -0.4 is 10.2 Å². The van der Waals surface area contributed by atoms with Gasteiger partial charge in [0.25, 0.3) is 0 Å². The summed E-state index contributed by atoms with van der Waals surface area (Å²) < 4.78 is 39.0. The number of pyridine rings is 1. The third-order valence-corrected chi connectivity index (χ3v) is 4.39. The molecule has 25 heavy (non-hydrogen) atoms. The number of aromatic nitrogens is 3. The first-order valence-electron chi connectivity index (χ1n) is 7.93. The lowest BCUT2D eigenvalue weighted by molar-refractivity contribution is -0.137. The van der Waals surface area contributed by atoms with Crippen molar-refractivity contribution in [1.29, 1.82) is 0 Å². The maximum atomic E-state index is 13.0. The summed E-state index contributed by atoms with van der Waals surface area (Å²) in [5.74, 6) is 0.922. The van der Waals surface area contributed by atoms with Gasteiger partial charge in [0.1, 0.15) is 17.2 Å². The molecule has 1 aliphatic heterocycles. The second-order valence-electron chi connectivity index (χ2n) is 5.90. The Bertz CT molecular complexity index is 703. The molecule has 0 atom stereocenters. The Kier molecular flexibility index (Phi) is 5.27. The Morgan fingerprint density at radius 2 is 1.96 bits per heavy atom. The summed E-state index contributed by atoms with van der Waals surface area (Å²) in [4.78, 5) is 13.6. The highest BCUT2D eigenvalue weighted by Gasteiger charge is 2.35. The van der Waals surface area contributed by atoms with Crippen LogP contribution in [0.3, 0.4) is 0 Å². The van der Waals surface area contributed by atoms with Crippen molar-refractivity contribution in [2.45, 2.75) is 19.0 Å². The van der Waals surface area contributed by atoms with Gasteiger partial charge in [0, 0.05) is 32.0 Å². The van der Waals surface area contributed by atoms with E-state index in [0.717, 1.165) is 31.7 Å². The Morgan fingerprint density at radius 1 is 1.20 bits per heavy atom. The second-order valence-corrected chi connectivity index (χ2v) is 6.24. The molecule has 0 unspecified atom stereocenters. The highest BCUT2D eigenvalue weighted by atomic mass is 35.5. The van der Waals surface area contributed by atoms with Gasteiger partial charge in [-0.05, 0) is 42.5 Å². The molecule has 0 aliphatic carbocycles. The van der Waals surface area contributed by atoms with E-state index in [1.165, 1.54) is 0 Å². The van der Waals surface area contributed by atoms with Crippen LogP contribution in [0.1, 0.15) is 18.4 Å². The maximum absolute atomic E-state index is 13.0. The number of rotatable bonds is 4. The molecule has 134 valence electrons. The van der Waals surface area contributed by atoms with Crippen LogP contribution in [-0.4, -0.2) is 34.6 Å². The smallest absolute Gasteiger partial charge is 0.369 e. The first kappa shape index (κ1) is 17.7. The van der Waals surface area contributed by atoms with Gasteiger partial charge < -0.3 is 10.2 Å². The number of nitrogens with zero attached hydrogens (tertiary/aromatic N) is 4. The fourth-order valence-electron chi connectivity index (χ4n) is 2.85. The van der Waals surface area contributed by atoms with E-state index < -0.39 is 11.7 Å². The van der Waals surface area contributed by atoms with Crippen LogP contribution in [0.15, 0.2) is 30.6 Å². The van der Waals surface area contributed by atoms with Crippen LogP contribution in [-0.2, 0) is 6.18 Å². The molecular weight excluding hydrogens is 355 g/mol. The summed E-state index contributed by atoms with van der Waals surface area (Å²) in [5.41, 5.74) is -0.900. The van der Waals surface area contributed by atoms with E-state index in [0.29, 0.717) is 12.7 Å². The first-order valence-corrected chi connectivity index (χ1v) is 8.31. The third-order valence-electron chi connectivity index (χ3n) is 4.21.